The highest BCUT2D eigenvalue weighted by Crippen LogP contribution is 2.37. The summed E-state index contributed by atoms with van der Waals surface area (Å²) in [6, 6.07) is 0. The van der Waals surface area contributed by atoms with Gasteiger partial charge in [-0.3, -0.25) is 4.79 Å². The zero-order valence-corrected chi connectivity index (χ0v) is 12.5. The van der Waals surface area contributed by atoms with E-state index in [9.17, 15) is 4.79 Å². The number of nitrogens with one attached hydrogen (secondary N) is 1. The standard InChI is InChI=1S/C15H30N2O/c1-14(2,10-16)13(18)17-11-15(3,4)12-8-6-5-7-9-12/h12H,5-11,16H2,1-4H3,(H,17,18). The number of hydrogen-bond donors (Lipinski definition) is 2. The molecule has 3 N–H and O–H groups in total. The minimum absolute atomic E-state index is 0.0777. The van der Waals surface area contributed by atoms with Gasteiger partial charge >= 0.3 is 0 Å². The molecule has 3 nitrogen and oxygen atoms in total. The Morgan fingerprint density at radius 1 is 1.17 bits per heavy atom. The van der Waals surface area contributed by atoms with Crippen molar-refractivity contribution in [3.63, 3.8) is 0 Å². The van der Waals surface area contributed by atoms with Gasteiger partial charge in [0, 0.05) is 13.1 Å². The van der Waals surface area contributed by atoms with Crippen LogP contribution >= 0.6 is 0 Å². The van der Waals surface area contributed by atoms with Crippen LogP contribution in [-0.2, 0) is 4.79 Å². The van der Waals surface area contributed by atoms with Gasteiger partial charge < -0.3 is 11.1 Å². The SMILES string of the molecule is CC(C)(CN)C(=O)NCC(C)(C)C1CCCCC1. The lowest BCUT2D eigenvalue weighted by molar-refractivity contribution is -0.129. The number of carbonyl (C=O) groups is 1. The van der Waals surface area contributed by atoms with E-state index in [1.165, 1.54) is 32.1 Å². The zero-order valence-electron chi connectivity index (χ0n) is 12.5. The second-order valence-electron chi connectivity index (χ2n) is 7.09. The second-order valence-corrected chi connectivity index (χ2v) is 7.09. The van der Waals surface area contributed by atoms with Crippen LogP contribution in [-0.4, -0.2) is 19.0 Å². The highest BCUT2D eigenvalue weighted by atomic mass is 16.2. The van der Waals surface area contributed by atoms with Crippen molar-refractivity contribution in [2.75, 3.05) is 13.1 Å². The Hall–Kier alpha value is -0.570. The molecule has 1 saturated carbocycles. The first kappa shape index (κ1) is 15.5. The number of amides is 1. The largest absolute Gasteiger partial charge is 0.355 e. The molecular weight excluding hydrogens is 224 g/mol. The summed E-state index contributed by atoms with van der Waals surface area (Å²) in [5.41, 5.74) is 5.37. The molecule has 0 atom stereocenters. The van der Waals surface area contributed by atoms with E-state index in [-0.39, 0.29) is 11.3 Å². The van der Waals surface area contributed by atoms with Crippen LogP contribution < -0.4 is 11.1 Å². The molecule has 0 aliphatic heterocycles. The van der Waals surface area contributed by atoms with Crippen molar-refractivity contribution in [1.29, 1.82) is 0 Å². The average Bonchev–Trinajstić information content (AvgIpc) is 2.37. The Bertz CT molecular complexity index is 278. The van der Waals surface area contributed by atoms with Crippen LogP contribution in [0.4, 0.5) is 0 Å². The van der Waals surface area contributed by atoms with Gasteiger partial charge in [0.15, 0.2) is 0 Å². The summed E-state index contributed by atoms with van der Waals surface area (Å²) in [6.07, 6.45) is 6.68. The van der Waals surface area contributed by atoms with Gasteiger partial charge in [0.05, 0.1) is 5.41 Å². The van der Waals surface area contributed by atoms with Crippen LogP contribution in [0.3, 0.4) is 0 Å². The lowest BCUT2D eigenvalue weighted by Crippen LogP contribution is -2.46. The van der Waals surface area contributed by atoms with Gasteiger partial charge in [-0.2, -0.15) is 0 Å². The molecule has 3 heteroatoms. The smallest absolute Gasteiger partial charge is 0.226 e. The fraction of sp³-hybridized carbons (Fsp3) is 0.933. The maximum Gasteiger partial charge on any atom is 0.226 e. The van der Waals surface area contributed by atoms with E-state index in [0.717, 1.165) is 12.5 Å². The van der Waals surface area contributed by atoms with Crippen molar-refractivity contribution >= 4 is 5.91 Å². The van der Waals surface area contributed by atoms with Gasteiger partial charge in [0.2, 0.25) is 5.91 Å². The molecule has 0 saturated heterocycles. The van der Waals surface area contributed by atoms with Crippen LogP contribution in [0.15, 0.2) is 0 Å². The van der Waals surface area contributed by atoms with Crippen molar-refractivity contribution in [1.82, 2.24) is 5.32 Å². The molecule has 1 aliphatic rings. The minimum atomic E-state index is -0.456. The van der Waals surface area contributed by atoms with E-state index in [1.54, 1.807) is 0 Å². The summed E-state index contributed by atoms with van der Waals surface area (Å²) in [7, 11) is 0. The molecule has 0 heterocycles. The van der Waals surface area contributed by atoms with Crippen LogP contribution in [0.5, 0.6) is 0 Å². The number of hydrogen-bond acceptors (Lipinski definition) is 2. The lowest BCUT2D eigenvalue weighted by atomic mass is 9.71. The molecule has 1 fully saturated rings. The molecule has 0 aromatic carbocycles. The summed E-state index contributed by atoms with van der Waals surface area (Å²) in [5, 5.41) is 3.09. The highest BCUT2D eigenvalue weighted by molar-refractivity contribution is 5.82. The van der Waals surface area contributed by atoms with Crippen LogP contribution in [0.2, 0.25) is 0 Å². The normalized spacial score (nSPS) is 18.7. The van der Waals surface area contributed by atoms with Crippen LogP contribution in [0, 0.1) is 16.7 Å². The fourth-order valence-electron chi connectivity index (χ4n) is 2.67. The van der Waals surface area contributed by atoms with Gasteiger partial charge in [-0.15, -0.1) is 0 Å². The second kappa shape index (κ2) is 6.05. The predicted molar refractivity (Wildman–Crippen MR) is 76.2 cm³/mol. The first-order valence-electron chi connectivity index (χ1n) is 7.28. The third-order valence-electron chi connectivity index (χ3n) is 4.54. The van der Waals surface area contributed by atoms with Crippen LogP contribution in [0.25, 0.3) is 0 Å². The first-order valence-corrected chi connectivity index (χ1v) is 7.28. The van der Waals surface area contributed by atoms with E-state index >= 15 is 0 Å². The van der Waals surface area contributed by atoms with Crippen molar-refractivity contribution < 1.29 is 4.79 Å². The Kier molecular flexibility index (Phi) is 5.20. The van der Waals surface area contributed by atoms with Gasteiger partial charge in [-0.25, -0.2) is 0 Å². The third kappa shape index (κ3) is 3.98. The Morgan fingerprint density at radius 3 is 2.22 bits per heavy atom. The summed E-state index contributed by atoms with van der Waals surface area (Å²) >= 11 is 0. The van der Waals surface area contributed by atoms with E-state index in [2.05, 4.69) is 19.2 Å². The molecule has 0 bridgehead atoms. The summed E-state index contributed by atoms with van der Waals surface area (Å²) in [6.45, 7) is 9.51. The van der Waals surface area contributed by atoms with Crippen LogP contribution in [0.1, 0.15) is 59.8 Å². The van der Waals surface area contributed by atoms with Crippen molar-refractivity contribution in [3.8, 4) is 0 Å². The summed E-state index contributed by atoms with van der Waals surface area (Å²) < 4.78 is 0. The fourth-order valence-corrected chi connectivity index (χ4v) is 2.67. The maximum atomic E-state index is 12.0. The Labute approximate surface area is 112 Å². The molecule has 1 rings (SSSR count). The summed E-state index contributed by atoms with van der Waals surface area (Å²) in [4.78, 5) is 12.0. The topological polar surface area (TPSA) is 55.1 Å². The minimum Gasteiger partial charge on any atom is -0.355 e. The molecule has 0 radical (unpaired) electrons. The molecular formula is C15H30N2O. The monoisotopic (exact) mass is 254 g/mol. The number of carbonyl (C=O) groups excluding carboxylic acids is 1. The maximum absolute atomic E-state index is 12.0. The third-order valence-corrected chi connectivity index (χ3v) is 4.54. The molecule has 0 unspecified atom stereocenters. The predicted octanol–water partition coefficient (Wildman–Crippen LogP) is 2.69. The van der Waals surface area contributed by atoms with Gasteiger partial charge in [0.25, 0.3) is 0 Å². The van der Waals surface area contributed by atoms with E-state index in [0.29, 0.717) is 6.54 Å². The molecule has 1 amide bonds. The Morgan fingerprint density at radius 2 is 1.72 bits per heavy atom. The molecule has 0 aromatic rings. The molecule has 1 aliphatic carbocycles. The van der Waals surface area contributed by atoms with Crippen molar-refractivity contribution in [2.45, 2.75) is 59.8 Å². The van der Waals surface area contributed by atoms with Gasteiger partial charge in [-0.05, 0) is 38.0 Å². The van der Waals surface area contributed by atoms with E-state index < -0.39 is 5.41 Å². The van der Waals surface area contributed by atoms with E-state index in [4.69, 9.17) is 5.73 Å². The molecule has 106 valence electrons. The molecule has 0 aromatic heterocycles. The van der Waals surface area contributed by atoms with Gasteiger partial charge in [-0.1, -0.05) is 33.1 Å². The van der Waals surface area contributed by atoms with Crippen molar-refractivity contribution in [2.24, 2.45) is 22.5 Å². The Balaban J connectivity index is 2.48. The van der Waals surface area contributed by atoms with Gasteiger partial charge in [0.1, 0.15) is 0 Å². The quantitative estimate of drug-likeness (QED) is 0.792. The summed E-state index contributed by atoms with van der Waals surface area (Å²) in [5.74, 6) is 0.821. The highest BCUT2D eigenvalue weighted by Gasteiger charge is 2.33. The lowest BCUT2D eigenvalue weighted by Gasteiger charge is -2.38. The van der Waals surface area contributed by atoms with Crippen molar-refractivity contribution in [3.05, 3.63) is 0 Å². The average molecular weight is 254 g/mol. The molecule has 0 spiro atoms. The van der Waals surface area contributed by atoms with E-state index in [1.807, 2.05) is 13.8 Å². The number of rotatable bonds is 5. The first-order chi connectivity index (χ1) is 8.29. The zero-order chi connectivity index (χ0) is 13.8. The molecule has 18 heavy (non-hydrogen) atoms. The number of nitrogens with two attached hydrogens (primary N) is 1.